The van der Waals surface area contributed by atoms with Crippen molar-refractivity contribution >= 4 is 29.3 Å². The minimum absolute atomic E-state index is 0.293. The molecule has 0 aliphatic heterocycles. The summed E-state index contributed by atoms with van der Waals surface area (Å²) in [4.78, 5) is 13.0. The highest BCUT2D eigenvalue weighted by Crippen LogP contribution is 2.43. The van der Waals surface area contributed by atoms with Gasteiger partial charge in [0.1, 0.15) is 0 Å². The maximum atomic E-state index is 11.8. The highest BCUT2D eigenvalue weighted by atomic mass is 35.5. The van der Waals surface area contributed by atoms with Gasteiger partial charge < -0.3 is 4.74 Å². The smallest absolute Gasteiger partial charge is 0.337 e. The average molecular weight is 495 g/mol. The van der Waals surface area contributed by atoms with Gasteiger partial charge in [-0.15, -0.1) is 11.8 Å². The van der Waals surface area contributed by atoms with E-state index in [-0.39, 0.29) is 5.97 Å². The highest BCUT2D eigenvalue weighted by Gasteiger charge is 2.33. The maximum Gasteiger partial charge on any atom is 0.337 e. The quantitative estimate of drug-likeness (QED) is 0.256. The molecule has 6 heteroatoms. The predicted molar refractivity (Wildman–Crippen MR) is 138 cm³/mol. The van der Waals surface area contributed by atoms with Crippen LogP contribution in [-0.2, 0) is 17.6 Å². The molecular formula is C28H31ClN2O2S. The van der Waals surface area contributed by atoms with E-state index in [2.05, 4.69) is 16.8 Å². The molecule has 1 unspecified atom stereocenters. The number of rotatable bonds is 7. The number of fused-ring (bicyclic) bond motifs is 1. The largest absolute Gasteiger partial charge is 0.465 e. The van der Waals surface area contributed by atoms with Gasteiger partial charge in [-0.25, -0.2) is 9.48 Å². The van der Waals surface area contributed by atoms with Gasteiger partial charge in [0.15, 0.2) is 0 Å². The van der Waals surface area contributed by atoms with E-state index in [1.165, 1.54) is 67.5 Å². The van der Waals surface area contributed by atoms with E-state index in [1.807, 2.05) is 48.2 Å². The Balaban J connectivity index is 1.48. The van der Waals surface area contributed by atoms with Crippen LogP contribution in [-0.4, -0.2) is 28.6 Å². The van der Waals surface area contributed by atoms with Crippen LogP contribution in [0.25, 0.3) is 5.69 Å². The van der Waals surface area contributed by atoms with Crippen molar-refractivity contribution in [3.8, 4) is 5.69 Å². The monoisotopic (exact) mass is 494 g/mol. The van der Waals surface area contributed by atoms with Gasteiger partial charge in [0.25, 0.3) is 0 Å². The minimum atomic E-state index is -0.293. The third kappa shape index (κ3) is 4.92. The predicted octanol–water partition coefficient (Wildman–Crippen LogP) is 7.26. The zero-order valence-electron chi connectivity index (χ0n) is 19.6. The molecule has 0 radical (unpaired) electrons. The fraction of sp³-hybridized carbons (Fsp3) is 0.429. The molecule has 1 atom stereocenters. The lowest BCUT2D eigenvalue weighted by Gasteiger charge is -2.31. The first-order valence-electron chi connectivity index (χ1n) is 12.3. The van der Waals surface area contributed by atoms with Crippen LogP contribution in [0.1, 0.15) is 71.8 Å². The molecule has 1 fully saturated rings. The van der Waals surface area contributed by atoms with Crippen LogP contribution in [0.15, 0.2) is 53.4 Å². The zero-order chi connectivity index (χ0) is 23.5. The van der Waals surface area contributed by atoms with Gasteiger partial charge in [-0.1, -0.05) is 30.9 Å². The van der Waals surface area contributed by atoms with Crippen LogP contribution in [0.3, 0.4) is 0 Å². The van der Waals surface area contributed by atoms with E-state index in [0.29, 0.717) is 17.4 Å². The molecule has 0 spiro atoms. The molecule has 0 N–H and O–H groups in total. The molecule has 2 aliphatic rings. The van der Waals surface area contributed by atoms with Gasteiger partial charge in [0.05, 0.1) is 29.7 Å². The molecule has 4 nitrogen and oxygen atoms in total. The Morgan fingerprint density at radius 1 is 1.06 bits per heavy atom. The summed E-state index contributed by atoms with van der Waals surface area (Å²) in [6.07, 6.45) is 9.95. The molecule has 1 aromatic heterocycles. The Hall–Kier alpha value is -2.24. The maximum absolute atomic E-state index is 11.8. The third-order valence-electron chi connectivity index (χ3n) is 7.29. The topological polar surface area (TPSA) is 44.1 Å². The molecule has 3 aromatic rings. The third-order valence-corrected chi connectivity index (χ3v) is 8.68. The van der Waals surface area contributed by atoms with E-state index in [0.717, 1.165) is 29.3 Å². The number of aromatic nitrogens is 2. The molecule has 2 aromatic carbocycles. The zero-order valence-corrected chi connectivity index (χ0v) is 21.2. The molecule has 0 saturated heterocycles. The summed E-state index contributed by atoms with van der Waals surface area (Å²) in [6, 6.07) is 15.9. The standard InChI is InChI=1S/C28H31ClN2O2S/c1-33-28(32)20-10-16-23(17-11-20)34-18-25(19-6-3-2-4-7-19)27-24-8-5-9-26(24)30-31(27)22-14-12-21(29)13-15-22/h10-17,19,25H,2-9,18H2,1H3. The molecule has 5 rings (SSSR count). The number of hydrogen-bond donors (Lipinski definition) is 0. The number of hydrogen-bond acceptors (Lipinski definition) is 4. The number of ether oxygens (including phenoxy) is 1. The Bertz CT molecular complexity index is 1130. The number of halogens is 1. The minimum Gasteiger partial charge on any atom is -0.465 e. The average Bonchev–Trinajstić information content (AvgIpc) is 3.48. The number of carbonyl (C=O) groups is 1. The summed E-state index contributed by atoms with van der Waals surface area (Å²) in [7, 11) is 1.42. The van der Waals surface area contributed by atoms with Crippen molar-refractivity contribution < 1.29 is 9.53 Å². The number of carbonyl (C=O) groups excluding carboxylic acids is 1. The van der Waals surface area contributed by atoms with Crippen molar-refractivity contribution in [2.24, 2.45) is 5.92 Å². The summed E-state index contributed by atoms with van der Waals surface area (Å²) < 4.78 is 7.07. The lowest BCUT2D eigenvalue weighted by Crippen LogP contribution is -2.22. The Kier molecular flexibility index (Phi) is 7.31. The second-order valence-corrected chi connectivity index (χ2v) is 10.9. The number of methoxy groups -OCH3 is 1. The lowest BCUT2D eigenvalue weighted by molar-refractivity contribution is 0.0600. The van der Waals surface area contributed by atoms with E-state index in [9.17, 15) is 4.79 Å². The highest BCUT2D eigenvalue weighted by molar-refractivity contribution is 7.99. The second-order valence-electron chi connectivity index (χ2n) is 9.38. The summed E-state index contributed by atoms with van der Waals surface area (Å²) in [5.41, 5.74) is 5.86. The van der Waals surface area contributed by atoms with Crippen LogP contribution in [0, 0.1) is 5.92 Å². The number of aryl methyl sites for hydroxylation is 1. The molecular weight excluding hydrogens is 464 g/mol. The van der Waals surface area contributed by atoms with Crippen LogP contribution >= 0.6 is 23.4 Å². The van der Waals surface area contributed by atoms with E-state index < -0.39 is 0 Å². The van der Waals surface area contributed by atoms with Crippen molar-refractivity contribution in [3.05, 3.63) is 76.1 Å². The first-order chi connectivity index (χ1) is 16.6. The van der Waals surface area contributed by atoms with Crippen LogP contribution in [0.5, 0.6) is 0 Å². The van der Waals surface area contributed by atoms with E-state index in [4.69, 9.17) is 21.4 Å². The first-order valence-corrected chi connectivity index (χ1v) is 13.7. The van der Waals surface area contributed by atoms with Crippen molar-refractivity contribution in [2.75, 3.05) is 12.9 Å². The number of thioether (sulfide) groups is 1. The van der Waals surface area contributed by atoms with Gasteiger partial charge in [-0.05, 0) is 92.1 Å². The number of benzene rings is 2. The Morgan fingerprint density at radius 2 is 1.79 bits per heavy atom. The summed E-state index contributed by atoms with van der Waals surface area (Å²) >= 11 is 8.08. The van der Waals surface area contributed by atoms with Gasteiger partial charge in [0.2, 0.25) is 0 Å². The van der Waals surface area contributed by atoms with Crippen LogP contribution < -0.4 is 0 Å². The van der Waals surface area contributed by atoms with Gasteiger partial charge in [-0.2, -0.15) is 5.10 Å². The fourth-order valence-electron chi connectivity index (χ4n) is 5.54. The van der Waals surface area contributed by atoms with E-state index in [1.54, 1.807) is 0 Å². The number of esters is 1. The van der Waals surface area contributed by atoms with Crippen molar-refractivity contribution in [1.82, 2.24) is 9.78 Å². The molecule has 1 heterocycles. The molecule has 2 aliphatic carbocycles. The molecule has 178 valence electrons. The lowest BCUT2D eigenvalue weighted by atomic mass is 9.78. The molecule has 0 bridgehead atoms. The SMILES string of the molecule is COC(=O)c1ccc(SCC(c2c3c(nn2-c2ccc(Cl)cc2)CCC3)C2CCCCC2)cc1. The first kappa shape index (κ1) is 23.5. The molecule has 0 amide bonds. The van der Waals surface area contributed by atoms with Crippen LogP contribution in [0.4, 0.5) is 0 Å². The summed E-state index contributed by atoms with van der Waals surface area (Å²) in [6.45, 7) is 0. The second kappa shape index (κ2) is 10.6. The molecule has 34 heavy (non-hydrogen) atoms. The summed E-state index contributed by atoms with van der Waals surface area (Å²) in [5, 5.41) is 5.86. The van der Waals surface area contributed by atoms with Crippen LogP contribution in [0.2, 0.25) is 5.02 Å². The Morgan fingerprint density at radius 3 is 2.50 bits per heavy atom. The Labute approximate surface area is 211 Å². The van der Waals surface area contributed by atoms with Crippen molar-refractivity contribution in [1.29, 1.82) is 0 Å². The van der Waals surface area contributed by atoms with Gasteiger partial charge >= 0.3 is 5.97 Å². The van der Waals surface area contributed by atoms with Gasteiger partial charge in [-0.3, -0.25) is 0 Å². The van der Waals surface area contributed by atoms with Crippen molar-refractivity contribution in [3.63, 3.8) is 0 Å². The normalized spacial score (nSPS) is 16.9. The van der Waals surface area contributed by atoms with Crippen molar-refractivity contribution in [2.45, 2.75) is 62.2 Å². The van der Waals surface area contributed by atoms with Gasteiger partial charge in [0, 0.05) is 21.6 Å². The summed E-state index contributed by atoms with van der Waals surface area (Å²) in [5.74, 6) is 1.83. The number of nitrogens with zero attached hydrogens (tertiary/aromatic N) is 2. The fourth-order valence-corrected chi connectivity index (χ4v) is 6.80. The molecule has 1 saturated carbocycles. The van der Waals surface area contributed by atoms with E-state index >= 15 is 0 Å².